The fourth-order valence-electron chi connectivity index (χ4n) is 3.53. The van der Waals surface area contributed by atoms with Crippen molar-refractivity contribution < 1.29 is 0 Å². The number of hydrogen-bond donors (Lipinski definition) is 1. The highest BCUT2D eigenvalue weighted by Crippen LogP contribution is 2.27. The van der Waals surface area contributed by atoms with Crippen molar-refractivity contribution in [3.05, 3.63) is 57.4 Å². The van der Waals surface area contributed by atoms with Crippen LogP contribution in [0.3, 0.4) is 0 Å². The van der Waals surface area contributed by atoms with Crippen LogP contribution in [0.15, 0.2) is 35.1 Å². The van der Waals surface area contributed by atoms with Gasteiger partial charge >= 0.3 is 0 Å². The molecule has 0 aliphatic heterocycles. The first-order valence-corrected chi connectivity index (χ1v) is 8.57. The van der Waals surface area contributed by atoms with E-state index < -0.39 is 5.54 Å². The molecular weight excluding hydrogens is 284 g/mol. The Morgan fingerprint density at radius 2 is 1.78 bits per heavy atom. The molecule has 3 heteroatoms. The van der Waals surface area contributed by atoms with E-state index in [2.05, 4.69) is 18.2 Å². The zero-order valence-electron chi connectivity index (χ0n) is 14.4. The van der Waals surface area contributed by atoms with Crippen LogP contribution < -0.4 is 11.3 Å². The normalized spacial score (nSPS) is 14.6. The van der Waals surface area contributed by atoms with Gasteiger partial charge in [0.15, 0.2) is 0 Å². The standard InChI is InChI=1S/C20H26N2O/c1-4-22-18(12-11-17(19(22)23)20(2,3)21)16-10-9-14-7-5-6-8-15(14)13-16/h9-13H,4-8,21H2,1-3H3. The Hall–Kier alpha value is -1.87. The fourth-order valence-corrected chi connectivity index (χ4v) is 3.53. The topological polar surface area (TPSA) is 48.0 Å². The highest BCUT2D eigenvalue weighted by Gasteiger charge is 2.21. The zero-order valence-corrected chi connectivity index (χ0v) is 14.4. The van der Waals surface area contributed by atoms with Crippen molar-refractivity contribution in [1.29, 1.82) is 0 Å². The van der Waals surface area contributed by atoms with Crippen molar-refractivity contribution in [1.82, 2.24) is 4.57 Å². The lowest BCUT2D eigenvalue weighted by molar-refractivity contribution is 0.536. The summed E-state index contributed by atoms with van der Waals surface area (Å²) in [5.74, 6) is 0. The van der Waals surface area contributed by atoms with Crippen LogP contribution in [0.1, 0.15) is 50.3 Å². The number of hydrogen-bond acceptors (Lipinski definition) is 2. The largest absolute Gasteiger partial charge is 0.322 e. The van der Waals surface area contributed by atoms with Gasteiger partial charge in [0, 0.05) is 17.6 Å². The van der Waals surface area contributed by atoms with E-state index in [0.717, 1.165) is 17.7 Å². The Kier molecular flexibility index (Phi) is 4.15. The van der Waals surface area contributed by atoms with Crippen molar-refractivity contribution >= 4 is 0 Å². The molecule has 0 bridgehead atoms. The Bertz CT molecular complexity index is 781. The zero-order chi connectivity index (χ0) is 16.6. The predicted molar refractivity (Wildman–Crippen MR) is 95.7 cm³/mol. The first kappa shape index (κ1) is 16.0. The number of aromatic nitrogens is 1. The molecule has 0 radical (unpaired) electrons. The number of pyridine rings is 1. The number of fused-ring (bicyclic) bond motifs is 1. The van der Waals surface area contributed by atoms with Crippen molar-refractivity contribution in [2.75, 3.05) is 0 Å². The summed E-state index contributed by atoms with van der Waals surface area (Å²) in [6.07, 6.45) is 4.87. The summed E-state index contributed by atoms with van der Waals surface area (Å²) >= 11 is 0. The first-order valence-electron chi connectivity index (χ1n) is 8.57. The molecule has 0 amide bonds. The second-order valence-corrected chi connectivity index (χ2v) is 7.09. The van der Waals surface area contributed by atoms with E-state index in [1.165, 1.54) is 30.4 Å². The molecule has 0 fully saturated rings. The van der Waals surface area contributed by atoms with Gasteiger partial charge in [-0.15, -0.1) is 0 Å². The number of benzene rings is 1. The van der Waals surface area contributed by atoms with Crippen molar-refractivity contribution in [3.63, 3.8) is 0 Å². The van der Waals surface area contributed by atoms with Gasteiger partial charge in [0.1, 0.15) is 0 Å². The molecule has 3 rings (SSSR count). The number of nitrogens with two attached hydrogens (primary N) is 1. The average molecular weight is 310 g/mol. The minimum absolute atomic E-state index is 0.0234. The lowest BCUT2D eigenvalue weighted by Crippen LogP contribution is -2.38. The Morgan fingerprint density at radius 1 is 1.09 bits per heavy atom. The minimum Gasteiger partial charge on any atom is -0.322 e. The van der Waals surface area contributed by atoms with Gasteiger partial charge in [0.25, 0.3) is 5.56 Å². The maximum absolute atomic E-state index is 12.8. The molecule has 1 aromatic heterocycles. The highest BCUT2D eigenvalue weighted by atomic mass is 16.1. The number of nitrogens with zero attached hydrogens (tertiary/aromatic N) is 1. The molecule has 1 heterocycles. The van der Waals surface area contributed by atoms with Gasteiger partial charge < -0.3 is 10.3 Å². The molecule has 1 aliphatic rings. The summed E-state index contributed by atoms with van der Waals surface area (Å²) in [7, 11) is 0. The third kappa shape index (κ3) is 2.98. The van der Waals surface area contributed by atoms with E-state index in [9.17, 15) is 4.79 Å². The molecule has 1 aliphatic carbocycles. The molecule has 0 unspecified atom stereocenters. The van der Waals surface area contributed by atoms with E-state index in [0.29, 0.717) is 12.1 Å². The van der Waals surface area contributed by atoms with Crippen molar-refractivity contribution in [3.8, 4) is 11.3 Å². The van der Waals surface area contributed by atoms with Crippen molar-refractivity contribution in [2.24, 2.45) is 5.73 Å². The summed E-state index contributed by atoms with van der Waals surface area (Å²) in [6.45, 7) is 6.41. The van der Waals surface area contributed by atoms with E-state index in [1.807, 2.05) is 37.5 Å². The Labute approximate surface area is 138 Å². The fraction of sp³-hybridized carbons (Fsp3) is 0.450. The molecule has 23 heavy (non-hydrogen) atoms. The van der Waals surface area contributed by atoms with Crippen LogP contribution in [0.4, 0.5) is 0 Å². The number of aryl methyl sites for hydroxylation is 2. The lowest BCUT2D eigenvalue weighted by atomic mass is 9.89. The molecule has 2 N–H and O–H groups in total. The third-order valence-electron chi connectivity index (χ3n) is 4.83. The van der Waals surface area contributed by atoms with Crippen LogP contribution in [0.2, 0.25) is 0 Å². The van der Waals surface area contributed by atoms with Gasteiger partial charge in [0.05, 0.1) is 5.69 Å². The maximum Gasteiger partial charge on any atom is 0.256 e. The Morgan fingerprint density at radius 3 is 2.43 bits per heavy atom. The molecule has 0 atom stereocenters. The summed E-state index contributed by atoms with van der Waals surface area (Å²) < 4.78 is 1.84. The van der Waals surface area contributed by atoms with Gasteiger partial charge in [-0.3, -0.25) is 4.79 Å². The quantitative estimate of drug-likeness (QED) is 0.941. The average Bonchev–Trinajstić information content (AvgIpc) is 2.52. The second kappa shape index (κ2) is 5.97. The van der Waals surface area contributed by atoms with Crippen LogP contribution in [0.25, 0.3) is 11.3 Å². The molecule has 0 saturated carbocycles. The molecule has 0 spiro atoms. The Balaban J connectivity index is 2.13. The van der Waals surface area contributed by atoms with Crippen molar-refractivity contribution in [2.45, 2.75) is 58.5 Å². The van der Waals surface area contributed by atoms with E-state index in [1.54, 1.807) is 0 Å². The molecular formula is C20H26N2O. The third-order valence-corrected chi connectivity index (χ3v) is 4.83. The minimum atomic E-state index is -0.623. The predicted octanol–water partition coefficient (Wildman–Crippen LogP) is 3.61. The SMILES string of the molecule is CCn1c(-c2ccc3c(c2)CCCC3)ccc(C(C)(C)N)c1=O. The second-order valence-electron chi connectivity index (χ2n) is 7.09. The van der Waals surface area contributed by atoms with Gasteiger partial charge in [-0.25, -0.2) is 0 Å². The van der Waals surface area contributed by atoms with Gasteiger partial charge in [-0.1, -0.05) is 12.1 Å². The van der Waals surface area contributed by atoms with E-state index in [4.69, 9.17) is 5.73 Å². The lowest BCUT2D eigenvalue weighted by Gasteiger charge is -2.22. The van der Waals surface area contributed by atoms with E-state index >= 15 is 0 Å². The molecule has 122 valence electrons. The van der Waals surface area contributed by atoms with Gasteiger partial charge in [0.2, 0.25) is 0 Å². The van der Waals surface area contributed by atoms with Gasteiger partial charge in [-0.2, -0.15) is 0 Å². The maximum atomic E-state index is 12.8. The van der Waals surface area contributed by atoms with Gasteiger partial charge in [-0.05, 0) is 81.3 Å². The van der Waals surface area contributed by atoms with Crippen LogP contribution in [0.5, 0.6) is 0 Å². The van der Waals surface area contributed by atoms with Crippen LogP contribution >= 0.6 is 0 Å². The molecule has 0 saturated heterocycles. The van der Waals surface area contributed by atoms with Crippen LogP contribution in [0, 0.1) is 0 Å². The summed E-state index contributed by atoms with van der Waals surface area (Å²) in [6, 6.07) is 10.6. The summed E-state index contributed by atoms with van der Waals surface area (Å²) in [4.78, 5) is 12.8. The molecule has 3 nitrogen and oxygen atoms in total. The monoisotopic (exact) mass is 310 g/mol. The summed E-state index contributed by atoms with van der Waals surface area (Å²) in [5, 5.41) is 0. The van der Waals surface area contributed by atoms with Crippen LogP contribution in [-0.4, -0.2) is 4.57 Å². The first-order chi connectivity index (χ1) is 10.9. The molecule has 2 aromatic rings. The molecule has 1 aromatic carbocycles. The smallest absolute Gasteiger partial charge is 0.256 e. The number of rotatable bonds is 3. The van der Waals surface area contributed by atoms with Crippen LogP contribution in [-0.2, 0) is 24.9 Å². The highest BCUT2D eigenvalue weighted by molar-refractivity contribution is 5.62. The van der Waals surface area contributed by atoms with E-state index in [-0.39, 0.29) is 5.56 Å². The summed E-state index contributed by atoms with van der Waals surface area (Å²) in [5.41, 5.74) is 11.2.